The van der Waals surface area contributed by atoms with Crippen molar-refractivity contribution in [3.8, 4) is 6.07 Å². The maximum atomic E-state index is 11.3. The minimum absolute atomic E-state index is 0.0831. The van der Waals surface area contributed by atoms with E-state index >= 15 is 0 Å². The van der Waals surface area contributed by atoms with Gasteiger partial charge in [-0.25, -0.2) is 4.79 Å². The van der Waals surface area contributed by atoms with Gasteiger partial charge in [0.15, 0.2) is 0 Å². The van der Waals surface area contributed by atoms with E-state index in [0.717, 1.165) is 44.4 Å². The van der Waals surface area contributed by atoms with Crippen LogP contribution in [0.5, 0.6) is 0 Å². The first-order valence-electron chi connectivity index (χ1n) is 7.63. The number of esters is 1. The zero-order valence-corrected chi connectivity index (χ0v) is 13.3. The lowest BCUT2D eigenvalue weighted by atomic mass is 10.2. The molecule has 2 atom stereocenters. The third-order valence-corrected chi connectivity index (χ3v) is 2.99. The molecule has 5 heteroatoms. The van der Waals surface area contributed by atoms with Crippen molar-refractivity contribution in [3.05, 3.63) is 12.2 Å². The molecule has 0 aromatic rings. The van der Waals surface area contributed by atoms with Crippen LogP contribution in [0.15, 0.2) is 12.2 Å². The molecule has 0 aliphatic rings. The molecule has 2 unspecified atom stereocenters. The third-order valence-electron chi connectivity index (χ3n) is 2.99. The van der Waals surface area contributed by atoms with Crippen LogP contribution in [-0.2, 0) is 19.0 Å². The van der Waals surface area contributed by atoms with Gasteiger partial charge in [0.2, 0.25) is 0 Å². The first-order valence-corrected chi connectivity index (χ1v) is 7.63. The lowest BCUT2D eigenvalue weighted by molar-refractivity contribution is -0.143. The quantitative estimate of drug-likeness (QED) is 0.240. The van der Waals surface area contributed by atoms with Crippen molar-refractivity contribution in [3.63, 3.8) is 0 Å². The van der Waals surface area contributed by atoms with Crippen molar-refractivity contribution >= 4 is 5.97 Å². The van der Waals surface area contributed by atoms with E-state index in [1.165, 1.54) is 0 Å². The van der Waals surface area contributed by atoms with Gasteiger partial charge < -0.3 is 14.2 Å². The van der Waals surface area contributed by atoms with Gasteiger partial charge in [-0.15, -0.1) is 0 Å². The number of unbranched alkanes of at least 4 members (excludes halogenated alkanes) is 1. The van der Waals surface area contributed by atoms with Gasteiger partial charge in [0, 0.05) is 18.8 Å². The smallest absolute Gasteiger partial charge is 0.331 e. The summed E-state index contributed by atoms with van der Waals surface area (Å²) < 4.78 is 16.5. The molecule has 21 heavy (non-hydrogen) atoms. The van der Waals surface area contributed by atoms with Gasteiger partial charge in [0.05, 0.1) is 24.9 Å². The third kappa shape index (κ3) is 11.0. The maximum Gasteiger partial charge on any atom is 0.331 e. The molecule has 0 spiro atoms. The van der Waals surface area contributed by atoms with Crippen LogP contribution in [-0.4, -0.2) is 38.0 Å². The standard InChI is InChI=1S/C16H27NO4/c1-4-7-11-19-14(5-2)12-20-15(6-3)13-21-16(18)9-8-10-17/h8-9,14-15H,4-7,11-13H2,1-3H3. The van der Waals surface area contributed by atoms with Crippen LogP contribution in [0.2, 0.25) is 0 Å². The zero-order chi connectivity index (χ0) is 15.9. The highest BCUT2D eigenvalue weighted by molar-refractivity contribution is 5.82. The Kier molecular flexibility index (Phi) is 12.7. The average molecular weight is 297 g/mol. The molecule has 0 aromatic carbocycles. The topological polar surface area (TPSA) is 68.6 Å². The van der Waals surface area contributed by atoms with Crippen molar-refractivity contribution in [2.24, 2.45) is 0 Å². The molecule has 0 aliphatic carbocycles. The van der Waals surface area contributed by atoms with E-state index in [9.17, 15) is 4.79 Å². The SMILES string of the molecule is CCCCOC(CC)COC(CC)COC(=O)C=CC#N. The predicted molar refractivity (Wildman–Crippen MR) is 80.7 cm³/mol. The lowest BCUT2D eigenvalue weighted by Gasteiger charge is -2.21. The second kappa shape index (κ2) is 13.6. The number of hydrogen-bond acceptors (Lipinski definition) is 5. The first kappa shape index (κ1) is 19.6. The van der Waals surface area contributed by atoms with E-state index in [1.807, 2.05) is 6.92 Å². The van der Waals surface area contributed by atoms with Crippen molar-refractivity contribution < 1.29 is 19.0 Å². The maximum absolute atomic E-state index is 11.3. The largest absolute Gasteiger partial charge is 0.460 e. The van der Waals surface area contributed by atoms with E-state index in [1.54, 1.807) is 6.07 Å². The first-order chi connectivity index (χ1) is 10.2. The highest BCUT2D eigenvalue weighted by Crippen LogP contribution is 2.06. The molecule has 0 saturated heterocycles. The highest BCUT2D eigenvalue weighted by atomic mass is 16.6. The van der Waals surface area contributed by atoms with Gasteiger partial charge in [-0.05, 0) is 19.3 Å². The molecular weight excluding hydrogens is 270 g/mol. The van der Waals surface area contributed by atoms with Crippen LogP contribution in [0.25, 0.3) is 0 Å². The average Bonchev–Trinajstić information content (AvgIpc) is 2.51. The number of ether oxygens (including phenoxy) is 3. The van der Waals surface area contributed by atoms with Crippen molar-refractivity contribution in [1.82, 2.24) is 0 Å². The van der Waals surface area contributed by atoms with Gasteiger partial charge in [-0.3, -0.25) is 0 Å². The van der Waals surface area contributed by atoms with Crippen LogP contribution in [0, 0.1) is 11.3 Å². The molecular formula is C16H27NO4. The highest BCUT2D eigenvalue weighted by Gasteiger charge is 2.13. The van der Waals surface area contributed by atoms with Crippen molar-refractivity contribution in [2.45, 2.75) is 58.7 Å². The van der Waals surface area contributed by atoms with E-state index in [0.29, 0.717) is 6.61 Å². The fourth-order valence-corrected chi connectivity index (χ4v) is 1.53. The molecule has 5 nitrogen and oxygen atoms in total. The fourth-order valence-electron chi connectivity index (χ4n) is 1.53. The Morgan fingerprint density at radius 2 is 1.81 bits per heavy atom. The number of rotatable bonds is 12. The molecule has 0 N–H and O–H groups in total. The molecule has 120 valence electrons. The lowest BCUT2D eigenvalue weighted by Crippen LogP contribution is -2.27. The second-order valence-corrected chi connectivity index (χ2v) is 4.71. The molecule has 0 aromatic heterocycles. The van der Waals surface area contributed by atoms with Crippen LogP contribution in [0.3, 0.4) is 0 Å². The molecule has 0 radical (unpaired) electrons. The van der Waals surface area contributed by atoms with Crippen LogP contribution in [0.4, 0.5) is 0 Å². The number of nitriles is 1. The van der Waals surface area contributed by atoms with Gasteiger partial charge in [-0.2, -0.15) is 5.26 Å². The van der Waals surface area contributed by atoms with E-state index in [2.05, 4.69) is 13.8 Å². The Balaban J connectivity index is 3.98. The zero-order valence-electron chi connectivity index (χ0n) is 13.3. The fraction of sp³-hybridized carbons (Fsp3) is 0.750. The summed E-state index contributed by atoms with van der Waals surface area (Å²) in [7, 11) is 0. The number of carbonyl (C=O) groups is 1. The Morgan fingerprint density at radius 3 is 2.38 bits per heavy atom. The summed E-state index contributed by atoms with van der Waals surface area (Å²) in [5, 5.41) is 8.32. The second-order valence-electron chi connectivity index (χ2n) is 4.71. The Bertz CT molecular complexity index is 336. The number of allylic oxidation sites excluding steroid dienone is 1. The Labute approximate surface area is 127 Å². The van der Waals surface area contributed by atoms with Gasteiger partial charge in [0.25, 0.3) is 0 Å². The summed E-state index contributed by atoms with van der Waals surface area (Å²) >= 11 is 0. The monoisotopic (exact) mass is 297 g/mol. The van der Waals surface area contributed by atoms with Crippen LogP contribution in [0.1, 0.15) is 46.5 Å². The molecule has 0 fully saturated rings. The number of nitrogens with zero attached hydrogens (tertiary/aromatic N) is 1. The summed E-state index contributed by atoms with van der Waals surface area (Å²) in [6, 6.07) is 1.74. The van der Waals surface area contributed by atoms with E-state index in [-0.39, 0.29) is 18.8 Å². The number of carbonyl (C=O) groups excluding carboxylic acids is 1. The minimum Gasteiger partial charge on any atom is -0.460 e. The van der Waals surface area contributed by atoms with Crippen LogP contribution >= 0.6 is 0 Å². The van der Waals surface area contributed by atoms with E-state index < -0.39 is 5.97 Å². The van der Waals surface area contributed by atoms with Gasteiger partial charge in [-0.1, -0.05) is 27.2 Å². The summed E-state index contributed by atoms with van der Waals surface area (Å²) in [4.78, 5) is 11.3. The minimum atomic E-state index is -0.523. The Morgan fingerprint density at radius 1 is 1.14 bits per heavy atom. The van der Waals surface area contributed by atoms with Gasteiger partial charge >= 0.3 is 5.97 Å². The van der Waals surface area contributed by atoms with E-state index in [4.69, 9.17) is 19.5 Å². The summed E-state index contributed by atoms with van der Waals surface area (Å²) in [6.07, 6.45) is 5.95. The van der Waals surface area contributed by atoms with Crippen molar-refractivity contribution in [1.29, 1.82) is 5.26 Å². The molecule has 0 aliphatic heterocycles. The summed E-state index contributed by atoms with van der Waals surface area (Å²) in [6.45, 7) is 7.61. The summed E-state index contributed by atoms with van der Waals surface area (Å²) in [5.41, 5.74) is 0. The normalized spacial score (nSPS) is 13.8. The molecule has 0 saturated carbocycles. The Hall–Kier alpha value is -1.38. The molecule has 0 bridgehead atoms. The molecule has 0 heterocycles. The number of hydrogen-bond donors (Lipinski definition) is 0. The van der Waals surface area contributed by atoms with Gasteiger partial charge in [0.1, 0.15) is 6.61 Å². The predicted octanol–water partition coefficient (Wildman–Crippen LogP) is 3.00. The molecule has 0 amide bonds. The molecule has 0 rings (SSSR count). The van der Waals surface area contributed by atoms with Crippen LogP contribution < -0.4 is 0 Å². The van der Waals surface area contributed by atoms with Crippen molar-refractivity contribution in [2.75, 3.05) is 19.8 Å². The summed E-state index contributed by atoms with van der Waals surface area (Å²) in [5.74, 6) is -0.523.